The van der Waals surface area contributed by atoms with Crippen LogP contribution in [-0.4, -0.2) is 24.3 Å². The van der Waals surface area contributed by atoms with Crippen molar-refractivity contribution in [3.8, 4) is 0 Å². The number of hydrogen-bond acceptors (Lipinski definition) is 3. The number of carbonyl (C=O) groups is 3. The van der Waals surface area contributed by atoms with Crippen molar-refractivity contribution in [1.29, 1.82) is 0 Å². The van der Waals surface area contributed by atoms with Gasteiger partial charge in [-0.15, -0.1) is 0 Å². The summed E-state index contributed by atoms with van der Waals surface area (Å²) < 4.78 is 0. The van der Waals surface area contributed by atoms with Gasteiger partial charge in [-0.05, 0) is 63.1 Å². The van der Waals surface area contributed by atoms with Crippen LogP contribution >= 0.6 is 0 Å². The molecule has 0 aliphatic rings. The van der Waals surface area contributed by atoms with E-state index in [0.29, 0.717) is 11.3 Å². The molecule has 0 heterocycles. The minimum atomic E-state index is -0.447. The van der Waals surface area contributed by atoms with Gasteiger partial charge in [0.05, 0.1) is 17.8 Å². The molecule has 0 fully saturated rings. The maximum absolute atomic E-state index is 12.7. The highest BCUT2D eigenvalue weighted by Crippen LogP contribution is 2.22. The van der Waals surface area contributed by atoms with Crippen LogP contribution in [0.1, 0.15) is 43.0 Å². The Morgan fingerprint density at radius 3 is 2.09 bits per heavy atom. The number of carbonyl (C=O) groups excluding carboxylic acids is 3. The smallest absolute Gasteiger partial charge is 0.255 e. The molecule has 3 aromatic rings. The Bertz CT molecular complexity index is 1160. The molecular formula is C26H27N3O3. The molecule has 164 valence electrons. The van der Waals surface area contributed by atoms with Gasteiger partial charge in [-0.3, -0.25) is 14.4 Å². The number of benzene rings is 3. The molecule has 0 aliphatic heterocycles. The van der Waals surface area contributed by atoms with E-state index in [1.54, 1.807) is 42.5 Å². The Hall–Kier alpha value is -3.93. The van der Waals surface area contributed by atoms with E-state index in [-0.39, 0.29) is 23.9 Å². The molecule has 0 bridgehead atoms. The second kappa shape index (κ2) is 9.92. The van der Waals surface area contributed by atoms with Crippen molar-refractivity contribution in [2.75, 3.05) is 17.2 Å². The summed E-state index contributed by atoms with van der Waals surface area (Å²) >= 11 is 0. The highest BCUT2D eigenvalue weighted by molar-refractivity contribution is 6.09. The number of rotatable bonds is 6. The van der Waals surface area contributed by atoms with Gasteiger partial charge < -0.3 is 16.0 Å². The SMILES string of the molecule is Cc1cccc(C(=O)Nc2ccccc2C(=O)NCC(=O)Nc2c(C)cc(C)cc2C)c1. The first-order valence-corrected chi connectivity index (χ1v) is 10.4. The van der Waals surface area contributed by atoms with Crippen LogP contribution in [0, 0.1) is 27.7 Å². The molecular weight excluding hydrogens is 402 g/mol. The Labute approximate surface area is 188 Å². The average Bonchev–Trinajstić information content (AvgIpc) is 2.75. The fourth-order valence-corrected chi connectivity index (χ4v) is 3.59. The molecule has 3 aromatic carbocycles. The van der Waals surface area contributed by atoms with Gasteiger partial charge in [0.2, 0.25) is 5.91 Å². The lowest BCUT2D eigenvalue weighted by Crippen LogP contribution is -2.33. The minimum Gasteiger partial charge on any atom is -0.343 e. The van der Waals surface area contributed by atoms with Gasteiger partial charge in [0.15, 0.2) is 0 Å². The van der Waals surface area contributed by atoms with Crippen LogP contribution in [0.3, 0.4) is 0 Å². The molecule has 0 aliphatic carbocycles. The van der Waals surface area contributed by atoms with Gasteiger partial charge in [-0.2, -0.15) is 0 Å². The number of amides is 3. The summed E-state index contributed by atoms with van der Waals surface area (Å²) in [4.78, 5) is 37.7. The molecule has 0 spiro atoms. The Balaban J connectivity index is 1.66. The van der Waals surface area contributed by atoms with E-state index in [9.17, 15) is 14.4 Å². The molecule has 0 saturated heterocycles. The quantitative estimate of drug-likeness (QED) is 0.538. The predicted octanol–water partition coefficient (Wildman–Crippen LogP) is 4.54. The lowest BCUT2D eigenvalue weighted by atomic mass is 10.1. The molecule has 0 saturated carbocycles. The fourth-order valence-electron chi connectivity index (χ4n) is 3.59. The van der Waals surface area contributed by atoms with E-state index < -0.39 is 5.91 Å². The van der Waals surface area contributed by atoms with Crippen LogP contribution in [0.2, 0.25) is 0 Å². The third-order valence-corrected chi connectivity index (χ3v) is 5.05. The van der Waals surface area contributed by atoms with Gasteiger partial charge in [0.1, 0.15) is 0 Å². The van der Waals surface area contributed by atoms with Crippen molar-refractivity contribution < 1.29 is 14.4 Å². The zero-order chi connectivity index (χ0) is 23.3. The van der Waals surface area contributed by atoms with Gasteiger partial charge in [-0.25, -0.2) is 0 Å². The normalized spacial score (nSPS) is 10.4. The molecule has 3 amide bonds. The molecule has 0 aromatic heterocycles. The van der Waals surface area contributed by atoms with Gasteiger partial charge in [-0.1, -0.05) is 47.5 Å². The van der Waals surface area contributed by atoms with Gasteiger partial charge in [0.25, 0.3) is 11.8 Å². The zero-order valence-corrected chi connectivity index (χ0v) is 18.7. The number of para-hydroxylation sites is 1. The van der Waals surface area contributed by atoms with E-state index in [2.05, 4.69) is 16.0 Å². The zero-order valence-electron chi connectivity index (χ0n) is 18.7. The van der Waals surface area contributed by atoms with E-state index in [4.69, 9.17) is 0 Å². The van der Waals surface area contributed by atoms with Gasteiger partial charge >= 0.3 is 0 Å². The van der Waals surface area contributed by atoms with E-state index in [0.717, 1.165) is 27.9 Å². The van der Waals surface area contributed by atoms with Crippen LogP contribution in [0.25, 0.3) is 0 Å². The minimum absolute atomic E-state index is 0.189. The van der Waals surface area contributed by atoms with Crippen molar-refractivity contribution in [1.82, 2.24) is 5.32 Å². The van der Waals surface area contributed by atoms with E-state index >= 15 is 0 Å². The Morgan fingerprint density at radius 2 is 1.41 bits per heavy atom. The number of hydrogen-bond donors (Lipinski definition) is 3. The molecule has 0 unspecified atom stereocenters. The summed E-state index contributed by atoms with van der Waals surface area (Å²) in [5, 5.41) is 8.27. The highest BCUT2D eigenvalue weighted by Gasteiger charge is 2.16. The van der Waals surface area contributed by atoms with Crippen LogP contribution in [0.5, 0.6) is 0 Å². The molecule has 3 N–H and O–H groups in total. The lowest BCUT2D eigenvalue weighted by molar-refractivity contribution is -0.115. The number of anilines is 2. The largest absolute Gasteiger partial charge is 0.343 e. The van der Waals surface area contributed by atoms with E-state index in [1.807, 2.05) is 45.9 Å². The third kappa shape index (κ3) is 5.60. The summed E-state index contributed by atoms with van der Waals surface area (Å²) in [6.45, 7) is 7.58. The summed E-state index contributed by atoms with van der Waals surface area (Å²) in [7, 11) is 0. The summed E-state index contributed by atoms with van der Waals surface area (Å²) in [5.41, 5.74) is 5.93. The molecule has 3 rings (SSSR count). The van der Waals surface area contributed by atoms with Crippen molar-refractivity contribution in [2.24, 2.45) is 0 Å². The molecule has 0 radical (unpaired) electrons. The van der Waals surface area contributed by atoms with Crippen LogP contribution in [0.15, 0.2) is 60.7 Å². The molecule has 32 heavy (non-hydrogen) atoms. The average molecular weight is 430 g/mol. The van der Waals surface area contributed by atoms with Crippen molar-refractivity contribution in [2.45, 2.75) is 27.7 Å². The fraction of sp³-hybridized carbons (Fsp3) is 0.192. The summed E-state index contributed by atoms with van der Waals surface area (Å²) in [6.07, 6.45) is 0. The topological polar surface area (TPSA) is 87.3 Å². The number of aryl methyl sites for hydroxylation is 4. The Morgan fingerprint density at radius 1 is 0.719 bits per heavy atom. The van der Waals surface area contributed by atoms with Crippen molar-refractivity contribution in [3.05, 3.63) is 94.0 Å². The number of nitrogens with one attached hydrogen (secondary N) is 3. The first-order valence-electron chi connectivity index (χ1n) is 10.4. The summed E-state index contributed by atoms with van der Waals surface area (Å²) in [6, 6.07) is 17.9. The molecule has 0 atom stereocenters. The van der Waals surface area contributed by atoms with Crippen molar-refractivity contribution >= 4 is 29.1 Å². The highest BCUT2D eigenvalue weighted by atomic mass is 16.2. The molecule has 6 heteroatoms. The predicted molar refractivity (Wildman–Crippen MR) is 127 cm³/mol. The van der Waals surface area contributed by atoms with Crippen LogP contribution in [0.4, 0.5) is 11.4 Å². The summed E-state index contributed by atoms with van der Waals surface area (Å²) in [5.74, 6) is -1.08. The van der Waals surface area contributed by atoms with Crippen LogP contribution in [-0.2, 0) is 4.79 Å². The first kappa shape index (κ1) is 22.7. The molecule has 6 nitrogen and oxygen atoms in total. The van der Waals surface area contributed by atoms with E-state index in [1.165, 1.54) is 0 Å². The Kier molecular flexibility index (Phi) is 7.05. The first-order chi connectivity index (χ1) is 15.2. The standard InChI is InChI=1S/C26H27N3O3/c1-16-8-7-9-20(14-16)25(31)28-22-11-6-5-10-21(22)26(32)27-15-23(30)29-24-18(3)12-17(2)13-19(24)4/h5-14H,15H2,1-4H3,(H,27,32)(H,28,31)(H,29,30). The second-order valence-electron chi connectivity index (χ2n) is 7.87. The monoisotopic (exact) mass is 429 g/mol. The van der Waals surface area contributed by atoms with Gasteiger partial charge in [0, 0.05) is 11.3 Å². The van der Waals surface area contributed by atoms with Crippen LogP contribution < -0.4 is 16.0 Å². The lowest BCUT2D eigenvalue weighted by Gasteiger charge is -2.14. The third-order valence-electron chi connectivity index (χ3n) is 5.05. The maximum atomic E-state index is 12.7. The maximum Gasteiger partial charge on any atom is 0.255 e. The van der Waals surface area contributed by atoms with Crippen molar-refractivity contribution in [3.63, 3.8) is 0 Å². The second-order valence-corrected chi connectivity index (χ2v) is 7.87.